The number of hydrogen-bond acceptors (Lipinski definition) is 5. The van der Waals surface area contributed by atoms with Gasteiger partial charge in [-0.1, -0.05) is 0 Å². The second kappa shape index (κ2) is 8.91. The first-order valence-electron chi connectivity index (χ1n) is 8.36. The lowest BCUT2D eigenvalue weighted by atomic mass is 10.2. The van der Waals surface area contributed by atoms with Gasteiger partial charge in [-0.2, -0.15) is 0 Å². The minimum absolute atomic E-state index is 0.279. The number of carbonyl (C=O) groups is 3. The molecular formula is C17H23N3O5. The molecule has 1 fully saturated rings. The molecule has 8 heteroatoms. The molecule has 0 radical (unpaired) electrons. The zero-order chi connectivity index (χ0) is 18.2. The van der Waals surface area contributed by atoms with E-state index in [-0.39, 0.29) is 5.56 Å². The van der Waals surface area contributed by atoms with Gasteiger partial charge in [0.1, 0.15) is 0 Å². The Morgan fingerprint density at radius 2 is 1.64 bits per heavy atom. The molecule has 1 heterocycles. The standard InChI is InChI=1S/C17H23N3O5/c1-3-24-13-8-7-12(11-14(13)25-4-2)15(21)18-19-16(22)17(23)20-9-5-6-10-20/h7-8,11H,3-6,9-10H2,1-2H3,(H,18,21)(H,19,22). The molecule has 0 aromatic heterocycles. The Morgan fingerprint density at radius 3 is 2.28 bits per heavy atom. The number of likely N-dealkylation sites (tertiary alicyclic amines) is 1. The number of nitrogens with one attached hydrogen (secondary N) is 2. The van der Waals surface area contributed by atoms with E-state index in [2.05, 4.69) is 10.9 Å². The van der Waals surface area contributed by atoms with Crippen molar-refractivity contribution in [2.24, 2.45) is 0 Å². The van der Waals surface area contributed by atoms with Gasteiger partial charge in [-0.3, -0.25) is 25.2 Å². The molecule has 3 amide bonds. The van der Waals surface area contributed by atoms with E-state index in [4.69, 9.17) is 9.47 Å². The smallest absolute Gasteiger partial charge is 0.327 e. The number of benzene rings is 1. The maximum Gasteiger partial charge on any atom is 0.327 e. The minimum Gasteiger partial charge on any atom is -0.490 e. The minimum atomic E-state index is -0.855. The summed E-state index contributed by atoms with van der Waals surface area (Å²) in [6.07, 6.45) is 1.77. The van der Waals surface area contributed by atoms with Crippen LogP contribution in [0.4, 0.5) is 0 Å². The zero-order valence-corrected chi connectivity index (χ0v) is 14.5. The van der Waals surface area contributed by atoms with Crippen LogP contribution in [0.5, 0.6) is 11.5 Å². The van der Waals surface area contributed by atoms with Crippen molar-refractivity contribution in [3.05, 3.63) is 23.8 Å². The fourth-order valence-electron chi connectivity index (χ4n) is 2.50. The van der Waals surface area contributed by atoms with E-state index in [1.807, 2.05) is 13.8 Å². The number of rotatable bonds is 5. The van der Waals surface area contributed by atoms with E-state index in [0.29, 0.717) is 37.8 Å². The monoisotopic (exact) mass is 349 g/mol. The van der Waals surface area contributed by atoms with Gasteiger partial charge in [-0.05, 0) is 44.9 Å². The van der Waals surface area contributed by atoms with Gasteiger partial charge in [0.2, 0.25) is 0 Å². The largest absolute Gasteiger partial charge is 0.490 e. The lowest BCUT2D eigenvalue weighted by Crippen LogP contribution is -2.49. The molecule has 0 unspecified atom stereocenters. The highest BCUT2D eigenvalue weighted by atomic mass is 16.5. The van der Waals surface area contributed by atoms with E-state index in [9.17, 15) is 14.4 Å². The summed E-state index contributed by atoms with van der Waals surface area (Å²) in [5.41, 5.74) is 4.67. The molecule has 1 aromatic rings. The lowest BCUT2D eigenvalue weighted by molar-refractivity contribution is -0.145. The molecule has 8 nitrogen and oxygen atoms in total. The zero-order valence-electron chi connectivity index (χ0n) is 14.5. The Labute approximate surface area is 146 Å². The molecule has 0 atom stereocenters. The summed E-state index contributed by atoms with van der Waals surface area (Å²) in [7, 11) is 0. The van der Waals surface area contributed by atoms with Crippen LogP contribution < -0.4 is 20.3 Å². The summed E-state index contributed by atoms with van der Waals surface area (Å²) in [5, 5.41) is 0. The molecule has 1 aliphatic rings. The van der Waals surface area contributed by atoms with Crippen molar-refractivity contribution < 1.29 is 23.9 Å². The van der Waals surface area contributed by atoms with Gasteiger partial charge in [0, 0.05) is 18.7 Å². The quantitative estimate of drug-likeness (QED) is 0.607. The maximum absolute atomic E-state index is 12.2. The summed E-state index contributed by atoms with van der Waals surface area (Å²) >= 11 is 0. The van der Waals surface area contributed by atoms with Crippen LogP contribution in [0.3, 0.4) is 0 Å². The number of carbonyl (C=O) groups excluding carboxylic acids is 3. The van der Waals surface area contributed by atoms with Crippen LogP contribution in [-0.4, -0.2) is 48.9 Å². The molecule has 136 valence electrons. The molecule has 0 spiro atoms. The van der Waals surface area contributed by atoms with E-state index >= 15 is 0 Å². The van der Waals surface area contributed by atoms with Crippen LogP contribution in [0.1, 0.15) is 37.0 Å². The third-order valence-corrected chi connectivity index (χ3v) is 3.68. The SMILES string of the molecule is CCOc1ccc(C(=O)NNC(=O)C(=O)N2CCCC2)cc1OCC. The third kappa shape index (κ3) is 4.85. The molecule has 25 heavy (non-hydrogen) atoms. The molecule has 2 N–H and O–H groups in total. The summed E-state index contributed by atoms with van der Waals surface area (Å²) in [6.45, 7) is 5.70. The number of amides is 3. The number of hydrogen-bond donors (Lipinski definition) is 2. The Bertz CT molecular complexity index is 641. The van der Waals surface area contributed by atoms with Crippen molar-refractivity contribution in [1.29, 1.82) is 0 Å². The predicted octanol–water partition coefficient (Wildman–Crippen LogP) is 0.867. The van der Waals surface area contributed by atoms with Gasteiger partial charge in [0.25, 0.3) is 5.91 Å². The highest BCUT2D eigenvalue weighted by Crippen LogP contribution is 2.28. The first-order valence-corrected chi connectivity index (χ1v) is 8.36. The van der Waals surface area contributed by atoms with Crippen LogP contribution >= 0.6 is 0 Å². The Balaban J connectivity index is 1.96. The second-order valence-corrected chi connectivity index (χ2v) is 5.44. The molecule has 0 aliphatic carbocycles. The summed E-state index contributed by atoms with van der Waals surface area (Å²) < 4.78 is 10.9. The highest BCUT2D eigenvalue weighted by molar-refractivity contribution is 6.35. The molecular weight excluding hydrogens is 326 g/mol. The Hall–Kier alpha value is -2.77. The van der Waals surface area contributed by atoms with Crippen molar-refractivity contribution in [3.63, 3.8) is 0 Å². The first kappa shape index (κ1) is 18.6. The molecule has 2 rings (SSSR count). The van der Waals surface area contributed by atoms with E-state index in [1.54, 1.807) is 12.1 Å². The topological polar surface area (TPSA) is 97.0 Å². The second-order valence-electron chi connectivity index (χ2n) is 5.44. The van der Waals surface area contributed by atoms with E-state index < -0.39 is 17.7 Å². The van der Waals surface area contributed by atoms with Crippen LogP contribution in [0.25, 0.3) is 0 Å². The maximum atomic E-state index is 12.2. The highest BCUT2D eigenvalue weighted by Gasteiger charge is 2.24. The van der Waals surface area contributed by atoms with Crippen molar-refractivity contribution in [3.8, 4) is 11.5 Å². The normalized spacial score (nSPS) is 13.3. The average Bonchev–Trinajstić information content (AvgIpc) is 3.15. The van der Waals surface area contributed by atoms with Gasteiger partial charge < -0.3 is 14.4 Å². The van der Waals surface area contributed by atoms with Crippen LogP contribution in [0, 0.1) is 0 Å². The molecule has 0 saturated carbocycles. The van der Waals surface area contributed by atoms with Gasteiger partial charge in [0.05, 0.1) is 13.2 Å². The van der Waals surface area contributed by atoms with Gasteiger partial charge >= 0.3 is 11.8 Å². The third-order valence-electron chi connectivity index (χ3n) is 3.68. The molecule has 1 saturated heterocycles. The number of ether oxygens (including phenoxy) is 2. The molecule has 0 bridgehead atoms. The predicted molar refractivity (Wildman–Crippen MR) is 90.2 cm³/mol. The van der Waals surface area contributed by atoms with Gasteiger partial charge in [-0.15, -0.1) is 0 Å². The van der Waals surface area contributed by atoms with E-state index in [0.717, 1.165) is 12.8 Å². The fourth-order valence-corrected chi connectivity index (χ4v) is 2.50. The van der Waals surface area contributed by atoms with Crippen molar-refractivity contribution in [2.75, 3.05) is 26.3 Å². The molecule has 1 aromatic carbocycles. The van der Waals surface area contributed by atoms with Crippen molar-refractivity contribution in [2.45, 2.75) is 26.7 Å². The first-order chi connectivity index (χ1) is 12.1. The summed E-state index contributed by atoms with van der Waals surface area (Å²) in [4.78, 5) is 37.3. The Morgan fingerprint density at radius 1 is 1.00 bits per heavy atom. The summed E-state index contributed by atoms with van der Waals surface area (Å²) in [5.74, 6) is -1.07. The van der Waals surface area contributed by atoms with Crippen LogP contribution in [0.2, 0.25) is 0 Å². The van der Waals surface area contributed by atoms with Crippen LogP contribution in [0.15, 0.2) is 18.2 Å². The van der Waals surface area contributed by atoms with Gasteiger partial charge in [-0.25, -0.2) is 0 Å². The Kier molecular flexibility index (Phi) is 6.62. The summed E-state index contributed by atoms with van der Waals surface area (Å²) in [6, 6.07) is 4.70. The van der Waals surface area contributed by atoms with E-state index in [1.165, 1.54) is 11.0 Å². The van der Waals surface area contributed by atoms with Crippen LogP contribution in [-0.2, 0) is 9.59 Å². The van der Waals surface area contributed by atoms with Gasteiger partial charge in [0.15, 0.2) is 11.5 Å². The number of hydrazine groups is 1. The molecule has 1 aliphatic heterocycles. The lowest BCUT2D eigenvalue weighted by Gasteiger charge is -2.15. The van der Waals surface area contributed by atoms with Crippen molar-refractivity contribution >= 4 is 17.7 Å². The fraction of sp³-hybridized carbons (Fsp3) is 0.471. The average molecular weight is 349 g/mol. The number of nitrogens with zero attached hydrogens (tertiary/aromatic N) is 1. The van der Waals surface area contributed by atoms with Crippen molar-refractivity contribution in [1.82, 2.24) is 15.8 Å².